The summed E-state index contributed by atoms with van der Waals surface area (Å²) >= 11 is 0. The molecule has 5 aromatic heterocycles. The van der Waals surface area contributed by atoms with Gasteiger partial charge in [0.15, 0.2) is 5.43 Å². The normalized spacial score (nSPS) is 11.8. The highest BCUT2D eigenvalue weighted by atomic mass is 16.5. The Morgan fingerprint density at radius 3 is 1.44 bits per heavy atom. The molecule has 5 rings (SSSR count). The molecule has 52 heavy (non-hydrogen) atoms. The zero-order valence-corrected chi connectivity index (χ0v) is 33.8. The summed E-state index contributed by atoms with van der Waals surface area (Å²) in [7, 11) is 0. The van der Waals surface area contributed by atoms with E-state index in [-0.39, 0.29) is 32.5 Å². The van der Waals surface area contributed by atoms with Crippen molar-refractivity contribution >= 4 is 0 Å². The summed E-state index contributed by atoms with van der Waals surface area (Å²) < 4.78 is 6.10. The first-order valence-electron chi connectivity index (χ1n) is 16.9. The average molecular weight is 728 g/mol. The van der Waals surface area contributed by atoms with E-state index in [9.17, 15) is 4.79 Å². The highest BCUT2D eigenvalue weighted by molar-refractivity contribution is 5.22. The fourth-order valence-corrected chi connectivity index (χ4v) is 4.14. The number of aryl methyl sites for hydroxylation is 1. The quantitative estimate of drug-likeness (QED) is 0.117. The van der Waals surface area contributed by atoms with Crippen LogP contribution in [0.1, 0.15) is 138 Å². The van der Waals surface area contributed by atoms with Crippen LogP contribution in [0.5, 0.6) is 0 Å². The smallest absolute Gasteiger partial charge is 0.191 e. The zero-order chi connectivity index (χ0) is 40.5. The summed E-state index contributed by atoms with van der Waals surface area (Å²) in [5.74, 6) is 0. The van der Waals surface area contributed by atoms with E-state index in [0.717, 1.165) is 41.8 Å². The zero-order valence-electron chi connectivity index (χ0n) is 33.8. The van der Waals surface area contributed by atoms with Crippen molar-refractivity contribution in [1.82, 2.24) is 44.8 Å². The second kappa shape index (κ2) is 17.4. The van der Waals surface area contributed by atoms with Gasteiger partial charge in [0, 0.05) is 27.4 Å². The third-order valence-corrected chi connectivity index (χ3v) is 7.36. The Morgan fingerprint density at radius 1 is 0.635 bits per heavy atom. The summed E-state index contributed by atoms with van der Waals surface area (Å²) in [6, 6.07) is 1.81. The second-order valence-electron chi connectivity index (χ2n) is 17.4. The third-order valence-electron chi connectivity index (χ3n) is 7.36. The van der Waals surface area contributed by atoms with Crippen LogP contribution < -0.4 is 5.43 Å². The van der Waals surface area contributed by atoms with Crippen LogP contribution in [0.2, 0.25) is 0 Å². The lowest BCUT2D eigenvalue weighted by molar-refractivity contribution is 0.126. The molecule has 0 spiro atoms. The third kappa shape index (κ3) is 14.3. The van der Waals surface area contributed by atoms with Gasteiger partial charge in [0.1, 0.15) is 12.0 Å². The molecular formula is C37H61N9O6. The van der Waals surface area contributed by atoms with E-state index in [4.69, 9.17) is 25.2 Å². The van der Waals surface area contributed by atoms with Gasteiger partial charge in [0.2, 0.25) is 0 Å². The minimum Gasteiger partial charge on any atom is -0.472 e. The maximum atomic E-state index is 11.6. The van der Waals surface area contributed by atoms with Crippen LogP contribution in [0.4, 0.5) is 0 Å². The van der Waals surface area contributed by atoms with E-state index >= 15 is 0 Å². The number of imidazole rings is 1. The molecule has 0 aromatic carbocycles. The molecule has 0 aliphatic carbocycles. The van der Waals surface area contributed by atoms with Crippen molar-refractivity contribution in [3.8, 4) is 0 Å². The molecule has 0 radical (unpaired) electrons. The van der Waals surface area contributed by atoms with Crippen LogP contribution in [0.3, 0.4) is 0 Å². The first-order chi connectivity index (χ1) is 23.5. The first-order valence-corrected chi connectivity index (χ1v) is 16.9. The summed E-state index contributed by atoms with van der Waals surface area (Å²) in [6.45, 7) is 32.1. The fraction of sp³-hybridized carbons (Fsp3) is 0.568. The van der Waals surface area contributed by atoms with Gasteiger partial charge in [-0.3, -0.25) is 4.79 Å². The molecule has 0 saturated carbocycles. The highest BCUT2D eigenvalue weighted by Crippen LogP contribution is 2.22. The van der Waals surface area contributed by atoms with Gasteiger partial charge in [-0.25, -0.2) is 4.98 Å². The lowest BCUT2D eigenvalue weighted by atomic mass is 9.88. The Hall–Kier alpha value is -5.08. The Bertz CT molecular complexity index is 1730. The van der Waals surface area contributed by atoms with E-state index in [0.29, 0.717) is 11.3 Å². The minimum atomic E-state index is -0.132. The van der Waals surface area contributed by atoms with Crippen LogP contribution in [0.15, 0.2) is 65.1 Å². The number of rotatable bonds is 0. The Morgan fingerprint density at radius 2 is 1.19 bits per heavy atom. The van der Waals surface area contributed by atoms with Gasteiger partial charge < -0.3 is 25.2 Å². The minimum absolute atomic E-state index is 0.0365. The topological polar surface area (TPSA) is 195 Å². The predicted octanol–water partition coefficient (Wildman–Crippen LogP) is 7.31. The largest absolute Gasteiger partial charge is 0.472 e. The summed E-state index contributed by atoms with van der Waals surface area (Å²) in [5, 5.41) is 50.4. The van der Waals surface area contributed by atoms with Crippen molar-refractivity contribution in [2.75, 3.05) is 0 Å². The van der Waals surface area contributed by atoms with E-state index in [1.165, 1.54) is 18.9 Å². The van der Waals surface area contributed by atoms with Gasteiger partial charge in [-0.05, 0) is 34.6 Å². The van der Waals surface area contributed by atoms with Crippen LogP contribution >= 0.6 is 0 Å². The molecule has 5 aromatic rings. The summed E-state index contributed by atoms with van der Waals surface area (Å²) in [6.07, 6.45) is 12.5. The van der Waals surface area contributed by atoms with Crippen molar-refractivity contribution in [2.24, 2.45) is 0 Å². The molecule has 0 unspecified atom stereocenters. The molecule has 0 atom stereocenters. The number of hydrogen-bond acceptors (Lipinski definition) is 11. The lowest BCUT2D eigenvalue weighted by Gasteiger charge is -2.16. The standard InChI is InChI=1S/C10H14O2.3C7H12N2O.C6H11N3O/c1-7-5-12-6-8(9(7)11)10(2,3)4;1-7(2,3)6-4-8-5-9(6)10;1-7(2,3)6-4-8-9(10)5-6;1-7(2,3)6-4-5-8-9(6)10;1-6(2,3)5-4-7-8-9(5)10/h5-6H,1-4H3;3*4-5,10H,1-3H3;4,10H,1-3H3. The SMILES string of the molecule is CC(C)(C)c1ccnn1O.CC(C)(C)c1cncn1O.CC(C)(C)c1cnn(O)c1.CC(C)(C)c1cnnn1O.Cc1cocc(C(C)(C)C)c1=O. The van der Waals surface area contributed by atoms with E-state index in [1.807, 2.05) is 83.1 Å². The molecule has 0 aliphatic heterocycles. The highest BCUT2D eigenvalue weighted by Gasteiger charge is 2.21. The van der Waals surface area contributed by atoms with Gasteiger partial charge in [0.05, 0.1) is 54.9 Å². The van der Waals surface area contributed by atoms with Crippen molar-refractivity contribution < 1.29 is 25.2 Å². The maximum absolute atomic E-state index is 11.6. The van der Waals surface area contributed by atoms with E-state index in [1.54, 1.807) is 44.0 Å². The van der Waals surface area contributed by atoms with Gasteiger partial charge >= 0.3 is 0 Å². The van der Waals surface area contributed by atoms with Gasteiger partial charge in [-0.1, -0.05) is 109 Å². The number of hydrogen-bond donors (Lipinski definition) is 4. The van der Waals surface area contributed by atoms with Crippen molar-refractivity contribution in [3.63, 3.8) is 0 Å². The van der Waals surface area contributed by atoms with Crippen molar-refractivity contribution in [2.45, 2.75) is 138 Å². The Kier molecular flexibility index (Phi) is 15.1. The van der Waals surface area contributed by atoms with Crippen molar-refractivity contribution in [3.05, 3.63) is 99.9 Å². The van der Waals surface area contributed by atoms with E-state index < -0.39 is 0 Å². The van der Waals surface area contributed by atoms with E-state index in [2.05, 4.69) is 46.3 Å². The summed E-state index contributed by atoms with van der Waals surface area (Å²) in [4.78, 5) is 17.9. The molecule has 0 bridgehead atoms. The Labute approximate surface area is 307 Å². The monoisotopic (exact) mass is 727 g/mol. The number of aromatic nitrogens is 9. The molecule has 15 heteroatoms. The average Bonchev–Trinajstić information content (AvgIpc) is 3.78. The molecule has 0 aliphatic rings. The molecule has 0 saturated heterocycles. The molecular weight excluding hydrogens is 666 g/mol. The van der Waals surface area contributed by atoms with Gasteiger partial charge in [-0.2, -0.15) is 4.73 Å². The van der Waals surface area contributed by atoms with Crippen LogP contribution in [0, 0.1) is 6.92 Å². The predicted molar refractivity (Wildman–Crippen MR) is 199 cm³/mol. The second-order valence-corrected chi connectivity index (χ2v) is 17.4. The van der Waals surface area contributed by atoms with Crippen molar-refractivity contribution in [1.29, 1.82) is 0 Å². The molecule has 5 heterocycles. The molecule has 0 fully saturated rings. The summed E-state index contributed by atoms with van der Waals surface area (Å²) in [5.41, 5.74) is 4.67. The van der Waals surface area contributed by atoms with Gasteiger partial charge in [-0.15, -0.1) is 25.0 Å². The first kappa shape index (κ1) is 44.9. The van der Waals surface area contributed by atoms with Gasteiger partial charge in [0.25, 0.3) is 0 Å². The molecule has 15 nitrogen and oxygen atoms in total. The molecule has 290 valence electrons. The number of nitrogens with zero attached hydrogens (tertiary/aromatic N) is 9. The van der Waals surface area contributed by atoms with Crippen LogP contribution in [-0.2, 0) is 27.1 Å². The van der Waals surface area contributed by atoms with Crippen LogP contribution in [-0.4, -0.2) is 65.6 Å². The fourth-order valence-electron chi connectivity index (χ4n) is 4.14. The lowest BCUT2D eigenvalue weighted by Crippen LogP contribution is -2.23. The van der Waals surface area contributed by atoms with Crippen LogP contribution in [0.25, 0.3) is 0 Å². The molecule has 4 N–H and O–H groups in total. The molecule has 0 amide bonds. The Balaban J connectivity index is 0.000000326. The maximum Gasteiger partial charge on any atom is 0.191 e.